The van der Waals surface area contributed by atoms with Gasteiger partial charge >= 0.3 is 6.09 Å². The first-order valence-corrected chi connectivity index (χ1v) is 11.1. The summed E-state index contributed by atoms with van der Waals surface area (Å²) in [4.78, 5) is 14.4. The third kappa shape index (κ3) is 6.20. The lowest BCUT2D eigenvalue weighted by Crippen LogP contribution is -2.43. The van der Waals surface area contributed by atoms with Crippen molar-refractivity contribution in [2.75, 3.05) is 13.2 Å². The van der Waals surface area contributed by atoms with Gasteiger partial charge in [-0.05, 0) is 16.7 Å². The number of amides is 1. The summed E-state index contributed by atoms with van der Waals surface area (Å²) in [6.07, 6.45) is -1.37. The monoisotopic (exact) mass is 447 g/mol. The number of hydrogen-bond acceptors (Lipinski definition) is 5. The van der Waals surface area contributed by atoms with Gasteiger partial charge in [0.1, 0.15) is 18.8 Å². The largest absolute Gasteiger partial charge is 0.445 e. The summed E-state index contributed by atoms with van der Waals surface area (Å²) in [7, 11) is 0. The number of carbonyl (C=O) groups is 1. The molecule has 0 unspecified atom stereocenters. The zero-order valence-corrected chi connectivity index (χ0v) is 18.5. The predicted molar refractivity (Wildman–Crippen MR) is 124 cm³/mol. The summed E-state index contributed by atoms with van der Waals surface area (Å²) in [5.41, 5.74) is 2.95. The zero-order chi connectivity index (χ0) is 22.9. The molecule has 3 atom stereocenters. The van der Waals surface area contributed by atoms with Crippen LogP contribution in [0.3, 0.4) is 0 Å². The van der Waals surface area contributed by atoms with Crippen molar-refractivity contribution >= 4 is 6.09 Å². The van der Waals surface area contributed by atoms with E-state index in [-0.39, 0.29) is 19.8 Å². The minimum atomic E-state index is -0.558. The van der Waals surface area contributed by atoms with Crippen molar-refractivity contribution in [3.63, 3.8) is 0 Å². The molecule has 6 nitrogen and oxygen atoms in total. The molecule has 6 heteroatoms. The van der Waals surface area contributed by atoms with E-state index in [1.165, 1.54) is 4.90 Å². The molecule has 1 aliphatic heterocycles. The molecule has 0 radical (unpaired) electrons. The summed E-state index contributed by atoms with van der Waals surface area (Å²) >= 11 is 0. The summed E-state index contributed by atoms with van der Waals surface area (Å²) < 4.78 is 17.9. The number of nitrogens with zero attached hydrogens (tertiary/aromatic N) is 1. The second-order valence-electron chi connectivity index (χ2n) is 8.04. The molecule has 1 N–H and O–H groups in total. The fourth-order valence-electron chi connectivity index (χ4n) is 3.98. The van der Waals surface area contributed by atoms with Gasteiger partial charge in [0.25, 0.3) is 0 Å². The van der Waals surface area contributed by atoms with Crippen molar-refractivity contribution in [1.82, 2.24) is 4.90 Å². The molecule has 0 aliphatic carbocycles. The van der Waals surface area contributed by atoms with Crippen LogP contribution in [0, 0.1) is 0 Å². The average Bonchev–Trinajstić information content (AvgIpc) is 3.24. The number of rotatable bonds is 9. The molecule has 0 saturated carbocycles. The van der Waals surface area contributed by atoms with Crippen molar-refractivity contribution in [3.8, 4) is 0 Å². The van der Waals surface area contributed by atoms with Crippen molar-refractivity contribution in [3.05, 3.63) is 108 Å². The molecule has 0 bridgehead atoms. The molecular weight excluding hydrogens is 418 g/mol. The Bertz CT molecular complexity index is 983. The van der Waals surface area contributed by atoms with Crippen molar-refractivity contribution in [2.45, 2.75) is 38.1 Å². The zero-order valence-electron chi connectivity index (χ0n) is 18.5. The maximum Gasteiger partial charge on any atom is 0.410 e. The minimum absolute atomic E-state index is 0.166. The van der Waals surface area contributed by atoms with E-state index in [0.717, 1.165) is 16.7 Å². The van der Waals surface area contributed by atoms with E-state index >= 15 is 0 Å². The van der Waals surface area contributed by atoms with Gasteiger partial charge in [-0.1, -0.05) is 91.0 Å². The van der Waals surface area contributed by atoms with E-state index in [4.69, 9.17) is 14.2 Å². The van der Waals surface area contributed by atoms with Crippen LogP contribution in [0.5, 0.6) is 0 Å². The van der Waals surface area contributed by atoms with E-state index in [0.29, 0.717) is 13.2 Å². The maximum atomic E-state index is 12.9. The summed E-state index contributed by atoms with van der Waals surface area (Å²) in [5.74, 6) is 0. The van der Waals surface area contributed by atoms with Crippen LogP contribution in [0.15, 0.2) is 91.0 Å². The number of aliphatic hydroxyl groups is 1. The number of carbonyl (C=O) groups excluding carboxylic acids is 1. The smallest absolute Gasteiger partial charge is 0.410 e. The van der Waals surface area contributed by atoms with E-state index in [9.17, 15) is 9.90 Å². The van der Waals surface area contributed by atoms with Crippen LogP contribution in [-0.2, 0) is 34.0 Å². The Hall–Kier alpha value is -3.19. The highest BCUT2D eigenvalue weighted by atomic mass is 16.6. The van der Waals surface area contributed by atoms with Crippen LogP contribution in [0.25, 0.3) is 0 Å². The molecule has 3 aromatic rings. The first-order chi connectivity index (χ1) is 16.2. The lowest BCUT2D eigenvalue weighted by atomic mass is 10.1. The minimum Gasteiger partial charge on any atom is -0.445 e. The van der Waals surface area contributed by atoms with Gasteiger partial charge in [0.2, 0.25) is 0 Å². The van der Waals surface area contributed by atoms with Gasteiger partial charge in [-0.3, -0.25) is 4.90 Å². The van der Waals surface area contributed by atoms with Gasteiger partial charge in [-0.2, -0.15) is 0 Å². The molecule has 172 valence electrons. The molecule has 33 heavy (non-hydrogen) atoms. The fraction of sp³-hybridized carbons (Fsp3) is 0.296. The molecule has 1 saturated heterocycles. The Morgan fingerprint density at radius 3 is 1.76 bits per heavy atom. The predicted octanol–water partition coefficient (Wildman–Crippen LogP) is 4.17. The van der Waals surface area contributed by atoms with Crippen molar-refractivity contribution in [1.29, 1.82) is 0 Å². The van der Waals surface area contributed by atoms with Gasteiger partial charge in [-0.15, -0.1) is 0 Å². The molecule has 1 fully saturated rings. The Balaban J connectivity index is 1.45. The van der Waals surface area contributed by atoms with Crippen LogP contribution >= 0.6 is 0 Å². The molecule has 0 spiro atoms. The number of likely N-dealkylation sites (tertiary alicyclic amines) is 1. The summed E-state index contributed by atoms with van der Waals surface area (Å²) in [5, 5.41) is 10.2. The Kier molecular flexibility index (Phi) is 8.09. The topological polar surface area (TPSA) is 68.2 Å². The SMILES string of the molecule is O=C(OCc1ccccc1)N1C[C@H](OCc2ccccc2)[C@@H](OCc2ccccc2)[C@H]1CO. The molecule has 0 aromatic heterocycles. The average molecular weight is 448 g/mol. The van der Waals surface area contributed by atoms with E-state index < -0.39 is 24.3 Å². The lowest BCUT2D eigenvalue weighted by molar-refractivity contribution is -0.0760. The second kappa shape index (κ2) is 11.6. The van der Waals surface area contributed by atoms with Crippen LogP contribution in [0.1, 0.15) is 16.7 Å². The van der Waals surface area contributed by atoms with E-state index in [2.05, 4.69) is 0 Å². The van der Waals surface area contributed by atoms with Crippen molar-refractivity contribution in [2.24, 2.45) is 0 Å². The number of benzene rings is 3. The van der Waals surface area contributed by atoms with E-state index in [1.54, 1.807) is 0 Å². The second-order valence-corrected chi connectivity index (χ2v) is 8.04. The van der Waals surface area contributed by atoms with Crippen LogP contribution < -0.4 is 0 Å². The highest BCUT2D eigenvalue weighted by Gasteiger charge is 2.46. The third-order valence-electron chi connectivity index (χ3n) is 5.74. The first kappa shape index (κ1) is 23.0. The fourth-order valence-corrected chi connectivity index (χ4v) is 3.98. The van der Waals surface area contributed by atoms with Gasteiger partial charge in [0.15, 0.2) is 0 Å². The number of ether oxygens (including phenoxy) is 3. The van der Waals surface area contributed by atoms with E-state index in [1.807, 2.05) is 91.0 Å². The van der Waals surface area contributed by atoms with Crippen LogP contribution in [-0.4, -0.2) is 47.5 Å². The molecule has 1 amide bonds. The summed E-state index contributed by atoms with van der Waals surface area (Å²) in [6.45, 7) is 0.956. The van der Waals surface area contributed by atoms with Crippen LogP contribution in [0.2, 0.25) is 0 Å². The van der Waals surface area contributed by atoms with Gasteiger partial charge in [0.05, 0.1) is 32.4 Å². The number of aliphatic hydroxyl groups excluding tert-OH is 1. The molecule has 1 heterocycles. The molecule has 4 rings (SSSR count). The van der Waals surface area contributed by atoms with Crippen molar-refractivity contribution < 1.29 is 24.1 Å². The first-order valence-electron chi connectivity index (χ1n) is 11.1. The van der Waals surface area contributed by atoms with Gasteiger partial charge in [-0.25, -0.2) is 4.79 Å². The molecule has 1 aliphatic rings. The highest BCUT2D eigenvalue weighted by Crippen LogP contribution is 2.27. The van der Waals surface area contributed by atoms with Gasteiger partial charge in [0, 0.05) is 0 Å². The standard InChI is InChI=1S/C27H29NO5/c29-17-24-26(32-19-22-12-6-2-7-13-22)25(31-18-21-10-4-1-5-11-21)16-28(24)27(30)33-20-23-14-8-3-9-15-23/h1-15,24-26,29H,16-20H2/t24-,25+,26+/m1/s1. The maximum absolute atomic E-state index is 12.9. The Morgan fingerprint density at radius 1 is 0.758 bits per heavy atom. The normalized spacial score (nSPS) is 20.0. The third-order valence-corrected chi connectivity index (χ3v) is 5.74. The quantitative estimate of drug-likeness (QED) is 0.533. The Morgan fingerprint density at radius 2 is 1.24 bits per heavy atom. The molecular formula is C27H29NO5. The highest BCUT2D eigenvalue weighted by molar-refractivity contribution is 5.69. The Labute approximate surface area is 194 Å². The van der Waals surface area contributed by atoms with Gasteiger partial charge < -0.3 is 19.3 Å². The summed E-state index contributed by atoms with van der Waals surface area (Å²) in [6, 6.07) is 28.6. The van der Waals surface area contributed by atoms with Crippen LogP contribution in [0.4, 0.5) is 4.79 Å². The number of hydrogen-bond donors (Lipinski definition) is 1. The lowest BCUT2D eigenvalue weighted by Gasteiger charge is -2.26. The molecule has 3 aromatic carbocycles.